The third-order valence-electron chi connectivity index (χ3n) is 0.173. The van der Waals surface area contributed by atoms with Crippen molar-refractivity contribution in [2.24, 2.45) is 0 Å². The summed E-state index contributed by atoms with van der Waals surface area (Å²) in [6, 6.07) is 0. The van der Waals surface area contributed by atoms with E-state index in [1.54, 1.807) is 0 Å². The summed E-state index contributed by atoms with van der Waals surface area (Å²) < 4.78 is 31.3. The molecular weight excluding hydrogens is 181 g/mol. The Morgan fingerprint density at radius 3 is 1.67 bits per heavy atom. The van der Waals surface area contributed by atoms with Gasteiger partial charge in [0.2, 0.25) is 0 Å². The van der Waals surface area contributed by atoms with E-state index in [1.807, 2.05) is 0 Å². The van der Waals surface area contributed by atoms with Crippen LogP contribution >= 0.6 is 15.7 Å². The van der Waals surface area contributed by atoms with Crippen LogP contribution in [0.2, 0.25) is 0 Å². The van der Waals surface area contributed by atoms with Crippen LogP contribution in [0.4, 0.5) is 0 Å². The number of hydrogen-bond donors (Lipinski definition) is 2. The average molecular weight is 184 g/mol. The molecule has 0 radical (unpaired) electrons. The Labute approximate surface area is 73.0 Å². The predicted molar refractivity (Wildman–Crippen MR) is 28.6 cm³/mol. The van der Waals surface area contributed by atoms with E-state index in [4.69, 9.17) is 9.79 Å². The molecule has 0 spiro atoms. The van der Waals surface area contributed by atoms with Gasteiger partial charge in [-0.1, -0.05) is 0 Å². The monoisotopic (exact) mass is 184 g/mol. The molecule has 9 heteroatoms. The molecule has 0 aromatic heterocycles. The van der Waals surface area contributed by atoms with Gasteiger partial charge in [0.1, 0.15) is 0 Å². The topological polar surface area (TPSA) is 101 Å². The molecule has 2 N–H and O–H groups in total. The molecule has 0 unspecified atom stereocenters. The van der Waals surface area contributed by atoms with Gasteiger partial charge in [-0.2, -0.15) is 4.31 Å². The first-order valence-corrected chi connectivity index (χ1v) is 3.94. The molecule has 0 amide bonds. The molecule has 6 nitrogen and oxygen atoms in total. The number of phosphoric acid groups is 1. The molecule has 0 aromatic carbocycles. The molecule has 0 fully saturated rings. The van der Waals surface area contributed by atoms with E-state index in [9.17, 15) is 13.7 Å². The Morgan fingerprint density at radius 1 is 1.33 bits per heavy atom. The van der Waals surface area contributed by atoms with Crippen molar-refractivity contribution in [2.75, 3.05) is 0 Å². The predicted octanol–water partition coefficient (Wildman–Crippen LogP) is -0.465. The summed E-state index contributed by atoms with van der Waals surface area (Å²) in [4.78, 5) is 15.4. The van der Waals surface area contributed by atoms with Gasteiger partial charge in [-0.15, -0.1) is 0 Å². The summed E-state index contributed by atoms with van der Waals surface area (Å²) in [6.45, 7) is 0. The normalized spacial score (nSPS) is 10.0. The molecule has 0 rings (SSSR count). The molecule has 0 saturated carbocycles. The van der Waals surface area contributed by atoms with Gasteiger partial charge >= 0.3 is 45.3 Å². The van der Waals surface area contributed by atoms with E-state index < -0.39 is 15.7 Å². The van der Waals surface area contributed by atoms with E-state index in [1.165, 1.54) is 0 Å². The molecule has 0 bridgehead atoms. The SMILES string of the molecule is O=P(=O)OP(=O)(O)O.[NaH]. The minimum atomic E-state index is -4.82. The third kappa shape index (κ3) is 12.3. The summed E-state index contributed by atoms with van der Waals surface area (Å²) in [6.07, 6.45) is 0. The van der Waals surface area contributed by atoms with Gasteiger partial charge in [0.05, 0.1) is 0 Å². The molecule has 0 aliphatic heterocycles. The zero-order valence-corrected chi connectivity index (χ0v) is 5.21. The fourth-order valence-electron chi connectivity index (χ4n) is 0.0868. The van der Waals surface area contributed by atoms with Crippen LogP contribution < -0.4 is 0 Å². The zero-order chi connectivity index (χ0) is 6.78. The van der Waals surface area contributed by atoms with Gasteiger partial charge in [-0.25, -0.2) is 13.7 Å². The van der Waals surface area contributed by atoms with Crippen LogP contribution in [0.1, 0.15) is 0 Å². The van der Waals surface area contributed by atoms with E-state index in [0.717, 1.165) is 0 Å². The van der Waals surface area contributed by atoms with Crippen molar-refractivity contribution in [2.45, 2.75) is 0 Å². The second kappa shape index (κ2) is 4.77. The van der Waals surface area contributed by atoms with Crippen LogP contribution in [-0.2, 0) is 18.0 Å². The van der Waals surface area contributed by atoms with Gasteiger partial charge in [0.25, 0.3) is 0 Å². The van der Waals surface area contributed by atoms with Crippen LogP contribution in [-0.4, -0.2) is 39.3 Å². The summed E-state index contributed by atoms with van der Waals surface area (Å²) in [5.41, 5.74) is 0. The zero-order valence-electron chi connectivity index (χ0n) is 3.42. The fourth-order valence-corrected chi connectivity index (χ4v) is 0.782. The van der Waals surface area contributed by atoms with E-state index in [2.05, 4.69) is 4.31 Å². The summed E-state index contributed by atoms with van der Waals surface area (Å²) in [7, 11) is -8.27. The van der Waals surface area contributed by atoms with Crippen LogP contribution in [0, 0.1) is 0 Å². The van der Waals surface area contributed by atoms with Crippen LogP contribution in [0.3, 0.4) is 0 Å². The van der Waals surface area contributed by atoms with Crippen molar-refractivity contribution in [3.8, 4) is 0 Å². The van der Waals surface area contributed by atoms with Crippen LogP contribution in [0.5, 0.6) is 0 Å². The molecule has 0 atom stereocenters. The van der Waals surface area contributed by atoms with Gasteiger partial charge in [0.15, 0.2) is 0 Å². The Morgan fingerprint density at radius 2 is 1.67 bits per heavy atom. The summed E-state index contributed by atoms with van der Waals surface area (Å²) in [5, 5.41) is 0. The first kappa shape index (κ1) is 12.7. The van der Waals surface area contributed by atoms with E-state index in [-0.39, 0.29) is 29.6 Å². The van der Waals surface area contributed by atoms with Gasteiger partial charge < -0.3 is 9.79 Å². The van der Waals surface area contributed by atoms with Crippen molar-refractivity contribution < 1.29 is 27.8 Å². The summed E-state index contributed by atoms with van der Waals surface area (Å²) >= 11 is 0. The number of hydrogen-bond acceptors (Lipinski definition) is 4. The molecular formula is H3NaO6P2. The maximum absolute atomic E-state index is 9.53. The van der Waals surface area contributed by atoms with E-state index >= 15 is 0 Å². The van der Waals surface area contributed by atoms with E-state index in [0.29, 0.717) is 0 Å². The quantitative estimate of drug-likeness (QED) is 0.444. The van der Waals surface area contributed by atoms with Crippen LogP contribution in [0.15, 0.2) is 0 Å². The van der Waals surface area contributed by atoms with Crippen molar-refractivity contribution in [1.29, 1.82) is 0 Å². The molecule has 0 aliphatic rings. The van der Waals surface area contributed by atoms with Crippen molar-refractivity contribution in [3.05, 3.63) is 0 Å². The second-order valence-electron chi connectivity index (χ2n) is 0.796. The van der Waals surface area contributed by atoms with Crippen molar-refractivity contribution in [1.82, 2.24) is 0 Å². The molecule has 0 heterocycles. The first-order valence-electron chi connectivity index (χ1n) is 1.31. The first-order chi connectivity index (χ1) is 3.42. The summed E-state index contributed by atoms with van der Waals surface area (Å²) in [5.74, 6) is 0. The fraction of sp³-hybridized carbons (Fsp3) is 0. The molecule has 0 saturated heterocycles. The Hall–Kier alpha value is 1.01. The molecule has 9 heavy (non-hydrogen) atoms. The van der Waals surface area contributed by atoms with Gasteiger partial charge in [-0.3, -0.25) is 0 Å². The molecule has 50 valence electrons. The Balaban J connectivity index is 0. The minimum absolute atomic E-state index is 0. The Bertz CT molecular complexity index is 165. The average Bonchev–Trinajstić information content (AvgIpc) is 1.21. The number of rotatable bonds is 2. The Kier molecular flexibility index (Phi) is 6.71. The van der Waals surface area contributed by atoms with Crippen molar-refractivity contribution in [3.63, 3.8) is 0 Å². The van der Waals surface area contributed by atoms with Gasteiger partial charge in [0, 0.05) is 0 Å². The second-order valence-corrected chi connectivity index (χ2v) is 2.88. The van der Waals surface area contributed by atoms with Crippen LogP contribution in [0.25, 0.3) is 0 Å². The maximum atomic E-state index is 9.53. The third-order valence-corrected chi connectivity index (χ3v) is 1.56. The standard InChI is InChI=1S/Na.H2O6P2.H/c;1-7(2)6-8(3,4)5;/h;(H2,3,4,5);. The van der Waals surface area contributed by atoms with Crippen molar-refractivity contribution >= 4 is 45.3 Å². The van der Waals surface area contributed by atoms with Gasteiger partial charge in [-0.05, 0) is 0 Å². The molecule has 0 aliphatic carbocycles. The molecule has 0 aromatic rings.